The zero-order valence-corrected chi connectivity index (χ0v) is 12.5. The predicted molar refractivity (Wildman–Crippen MR) is 84.7 cm³/mol. The van der Waals surface area contributed by atoms with E-state index in [0.29, 0.717) is 16.0 Å². The normalized spacial score (nSPS) is 10.6. The van der Waals surface area contributed by atoms with E-state index < -0.39 is 11.5 Å². The Kier molecular flexibility index (Phi) is 3.83. The van der Waals surface area contributed by atoms with E-state index in [1.54, 1.807) is 24.3 Å². The highest BCUT2D eigenvalue weighted by molar-refractivity contribution is 6.36. The molecule has 3 rings (SSSR count). The molecule has 0 spiro atoms. The van der Waals surface area contributed by atoms with Gasteiger partial charge in [-0.1, -0.05) is 41.4 Å². The molecule has 0 saturated heterocycles. The van der Waals surface area contributed by atoms with Crippen LogP contribution in [0.1, 0.15) is 10.4 Å². The standard InChI is InChI=1S/C15H8Cl2N2O3/c16-9-6-11(17)13(18-7-9)19-14(20)10-5-8-3-1-2-4-12(8)22-15(10)21/h1-7H,(H,18,19,20). The van der Waals surface area contributed by atoms with Crippen LogP contribution in [0.3, 0.4) is 0 Å². The van der Waals surface area contributed by atoms with Crippen LogP contribution in [0.5, 0.6) is 0 Å². The molecule has 5 nitrogen and oxygen atoms in total. The van der Waals surface area contributed by atoms with Crippen LogP contribution in [0.2, 0.25) is 10.0 Å². The molecule has 0 aliphatic carbocycles. The van der Waals surface area contributed by atoms with Gasteiger partial charge in [0.2, 0.25) is 0 Å². The molecule has 0 saturated carbocycles. The first kappa shape index (κ1) is 14.6. The quantitative estimate of drug-likeness (QED) is 0.724. The van der Waals surface area contributed by atoms with Gasteiger partial charge in [-0.2, -0.15) is 0 Å². The first-order valence-electron chi connectivity index (χ1n) is 6.20. The molecule has 7 heteroatoms. The summed E-state index contributed by atoms with van der Waals surface area (Å²) in [5, 5.41) is 3.61. The second-order valence-corrected chi connectivity index (χ2v) is 5.27. The van der Waals surface area contributed by atoms with Gasteiger partial charge in [0.25, 0.3) is 5.91 Å². The summed E-state index contributed by atoms with van der Waals surface area (Å²) in [6.07, 6.45) is 1.34. The summed E-state index contributed by atoms with van der Waals surface area (Å²) in [6.45, 7) is 0. The topological polar surface area (TPSA) is 72.2 Å². The van der Waals surface area contributed by atoms with Crippen molar-refractivity contribution in [2.45, 2.75) is 0 Å². The summed E-state index contributed by atoms with van der Waals surface area (Å²) in [5.41, 5.74) is -0.459. The number of anilines is 1. The summed E-state index contributed by atoms with van der Waals surface area (Å²) in [7, 11) is 0. The number of rotatable bonds is 2. The number of carbonyl (C=O) groups excluding carboxylic acids is 1. The molecule has 0 fully saturated rings. The zero-order chi connectivity index (χ0) is 15.7. The summed E-state index contributed by atoms with van der Waals surface area (Å²) in [4.78, 5) is 28.0. The Labute approximate surface area is 134 Å². The lowest BCUT2D eigenvalue weighted by atomic mass is 10.2. The number of nitrogens with zero attached hydrogens (tertiary/aromatic N) is 1. The summed E-state index contributed by atoms with van der Waals surface area (Å²) < 4.78 is 5.11. The lowest BCUT2D eigenvalue weighted by Gasteiger charge is -2.06. The molecule has 0 aliphatic rings. The third-order valence-electron chi connectivity index (χ3n) is 2.93. The van der Waals surface area contributed by atoms with Gasteiger partial charge < -0.3 is 9.73 Å². The molecule has 1 amide bonds. The Morgan fingerprint density at radius 3 is 2.73 bits per heavy atom. The molecule has 110 valence electrons. The van der Waals surface area contributed by atoms with Crippen LogP contribution in [-0.4, -0.2) is 10.9 Å². The van der Waals surface area contributed by atoms with Crippen LogP contribution >= 0.6 is 23.2 Å². The molecular weight excluding hydrogens is 327 g/mol. The number of carbonyl (C=O) groups is 1. The van der Waals surface area contributed by atoms with Crippen molar-refractivity contribution < 1.29 is 9.21 Å². The van der Waals surface area contributed by atoms with Crippen molar-refractivity contribution in [3.63, 3.8) is 0 Å². The number of halogens is 2. The lowest BCUT2D eigenvalue weighted by Crippen LogP contribution is -2.21. The van der Waals surface area contributed by atoms with E-state index >= 15 is 0 Å². The van der Waals surface area contributed by atoms with Gasteiger partial charge in [0.15, 0.2) is 5.82 Å². The average Bonchev–Trinajstić information content (AvgIpc) is 2.49. The first-order chi connectivity index (χ1) is 10.5. The molecule has 2 heterocycles. The number of pyridine rings is 1. The molecule has 0 bridgehead atoms. The second kappa shape index (κ2) is 5.79. The maximum Gasteiger partial charge on any atom is 0.349 e. The molecule has 2 aromatic heterocycles. The van der Waals surface area contributed by atoms with Crippen molar-refractivity contribution in [3.8, 4) is 0 Å². The summed E-state index contributed by atoms with van der Waals surface area (Å²) in [5.74, 6) is -0.542. The fourth-order valence-corrected chi connectivity index (χ4v) is 2.33. The first-order valence-corrected chi connectivity index (χ1v) is 6.95. The van der Waals surface area contributed by atoms with E-state index in [0.717, 1.165) is 0 Å². The number of nitrogens with one attached hydrogen (secondary N) is 1. The van der Waals surface area contributed by atoms with E-state index in [-0.39, 0.29) is 16.4 Å². The number of aromatic nitrogens is 1. The van der Waals surface area contributed by atoms with Crippen molar-refractivity contribution in [3.05, 3.63) is 68.6 Å². The molecule has 1 aromatic carbocycles. The van der Waals surface area contributed by atoms with E-state index in [1.807, 2.05) is 0 Å². The molecule has 0 aliphatic heterocycles. The summed E-state index contributed by atoms with van der Waals surface area (Å²) in [6, 6.07) is 9.80. The van der Waals surface area contributed by atoms with Gasteiger partial charge in [-0.15, -0.1) is 0 Å². The number of benzene rings is 1. The molecule has 1 N–H and O–H groups in total. The third-order valence-corrected chi connectivity index (χ3v) is 3.42. The zero-order valence-electron chi connectivity index (χ0n) is 11.0. The molecule has 22 heavy (non-hydrogen) atoms. The highest BCUT2D eigenvalue weighted by Crippen LogP contribution is 2.23. The molecular formula is C15H8Cl2N2O3. The number of fused-ring (bicyclic) bond motifs is 1. The van der Waals surface area contributed by atoms with E-state index in [9.17, 15) is 9.59 Å². The van der Waals surface area contributed by atoms with Gasteiger partial charge in [0, 0.05) is 11.6 Å². The Hall–Kier alpha value is -2.37. The van der Waals surface area contributed by atoms with E-state index in [4.69, 9.17) is 27.6 Å². The van der Waals surface area contributed by atoms with Crippen LogP contribution in [0.25, 0.3) is 11.0 Å². The van der Waals surface area contributed by atoms with Gasteiger partial charge in [-0.25, -0.2) is 9.78 Å². The fourth-order valence-electron chi connectivity index (χ4n) is 1.90. The van der Waals surface area contributed by atoms with Crippen molar-refractivity contribution >= 4 is 45.9 Å². The van der Waals surface area contributed by atoms with Crippen LogP contribution in [-0.2, 0) is 0 Å². The Morgan fingerprint density at radius 1 is 1.18 bits per heavy atom. The minimum absolute atomic E-state index is 0.114. The molecule has 0 radical (unpaired) electrons. The van der Waals surface area contributed by atoms with Gasteiger partial charge in [-0.3, -0.25) is 4.79 Å². The van der Waals surface area contributed by atoms with Crippen LogP contribution < -0.4 is 10.9 Å². The maximum absolute atomic E-state index is 12.2. The van der Waals surface area contributed by atoms with E-state index in [1.165, 1.54) is 18.3 Å². The number of hydrogen-bond donors (Lipinski definition) is 1. The second-order valence-electron chi connectivity index (χ2n) is 4.42. The smallest absolute Gasteiger partial charge is 0.349 e. The lowest BCUT2D eigenvalue weighted by molar-refractivity contribution is 0.102. The monoisotopic (exact) mass is 334 g/mol. The minimum atomic E-state index is -0.735. The van der Waals surface area contributed by atoms with Gasteiger partial charge >= 0.3 is 5.63 Å². The molecule has 0 atom stereocenters. The van der Waals surface area contributed by atoms with Crippen molar-refractivity contribution in [2.24, 2.45) is 0 Å². The molecule has 0 unspecified atom stereocenters. The van der Waals surface area contributed by atoms with Crippen molar-refractivity contribution in [1.82, 2.24) is 4.98 Å². The van der Waals surface area contributed by atoms with Crippen molar-refractivity contribution in [1.29, 1.82) is 0 Å². The fraction of sp³-hybridized carbons (Fsp3) is 0. The molecule has 3 aromatic rings. The Balaban J connectivity index is 1.98. The van der Waals surface area contributed by atoms with Gasteiger partial charge in [0.05, 0.1) is 10.0 Å². The largest absolute Gasteiger partial charge is 0.422 e. The Bertz CT molecular complexity index is 937. The highest BCUT2D eigenvalue weighted by atomic mass is 35.5. The van der Waals surface area contributed by atoms with E-state index in [2.05, 4.69) is 10.3 Å². The van der Waals surface area contributed by atoms with Crippen LogP contribution in [0, 0.1) is 0 Å². The number of amides is 1. The SMILES string of the molecule is O=C(Nc1ncc(Cl)cc1Cl)c1cc2ccccc2oc1=O. The number of para-hydroxylation sites is 1. The predicted octanol–water partition coefficient (Wildman–Crippen LogP) is 3.75. The average molecular weight is 335 g/mol. The highest BCUT2D eigenvalue weighted by Gasteiger charge is 2.15. The van der Waals surface area contributed by atoms with Crippen LogP contribution in [0.15, 0.2) is 51.8 Å². The minimum Gasteiger partial charge on any atom is -0.422 e. The number of hydrogen-bond acceptors (Lipinski definition) is 4. The third kappa shape index (κ3) is 2.81. The van der Waals surface area contributed by atoms with Crippen LogP contribution in [0.4, 0.5) is 5.82 Å². The Morgan fingerprint density at radius 2 is 1.95 bits per heavy atom. The van der Waals surface area contributed by atoms with Crippen molar-refractivity contribution in [2.75, 3.05) is 5.32 Å². The maximum atomic E-state index is 12.2. The van der Waals surface area contributed by atoms with Gasteiger partial charge in [0.1, 0.15) is 11.1 Å². The van der Waals surface area contributed by atoms with Gasteiger partial charge in [-0.05, 0) is 18.2 Å². The summed E-state index contributed by atoms with van der Waals surface area (Å²) >= 11 is 11.7.